The second-order valence-corrected chi connectivity index (χ2v) is 8.75. The summed E-state index contributed by atoms with van der Waals surface area (Å²) >= 11 is 1.23. The lowest BCUT2D eigenvalue weighted by atomic mass is 10.2. The van der Waals surface area contributed by atoms with E-state index in [2.05, 4.69) is 20.7 Å². The van der Waals surface area contributed by atoms with Gasteiger partial charge < -0.3 is 19.3 Å². The number of benzene rings is 3. The number of aromatic hydroxyl groups is 1. The molecular formula is C27H27N5O5S. The van der Waals surface area contributed by atoms with E-state index >= 15 is 0 Å². The normalized spacial score (nSPS) is 10.9. The number of methoxy groups -OCH3 is 2. The number of carbonyl (C=O) groups is 1. The molecule has 0 fully saturated rings. The van der Waals surface area contributed by atoms with Gasteiger partial charge in [0.25, 0.3) is 5.91 Å². The number of hydrazone groups is 1. The highest BCUT2D eigenvalue weighted by molar-refractivity contribution is 7.99. The first-order valence-corrected chi connectivity index (χ1v) is 12.7. The Labute approximate surface area is 224 Å². The number of carbonyl (C=O) groups excluding carboxylic acids is 1. The van der Waals surface area contributed by atoms with Crippen LogP contribution in [0.3, 0.4) is 0 Å². The average Bonchev–Trinajstić information content (AvgIpc) is 3.37. The Balaban J connectivity index is 1.49. The molecule has 1 heterocycles. The summed E-state index contributed by atoms with van der Waals surface area (Å²) in [6, 6.07) is 19.8. The van der Waals surface area contributed by atoms with Gasteiger partial charge >= 0.3 is 0 Å². The monoisotopic (exact) mass is 533 g/mol. The van der Waals surface area contributed by atoms with Crippen molar-refractivity contribution in [3.05, 3.63) is 72.3 Å². The lowest BCUT2D eigenvalue weighted by Crippen LogP contribution is -2.20. The molecule has 38 heavy (non-hydrogen) atoms. The molecule has 4 rings (SSSR count). The first-order valence-electron chi connectivity index (χ1n) is 11.7. The third kappa shape index (κ3) is 6.43. The second-order valence-electron chi connectivity index (χ2n) is 7.81. The van der Waals surface area contributed by atoms with E-state index in [-0.39, 0.29) is 17.4 Å². The van der Waals surface area contributed by atoms with E-state index in [1.54, 1.807) is 26.4 Å². The van der Waals surface area contributed by atoms with E-state index in [9.17, 15) is 9.90 Å². The van der Waals surface area contributed by atoms with Gasteiger partial charge in [-0.25, -0.2) is 5.43 Å². The van der Waals surface area contributed by atoms with Crippen LogP contribution in [-0.4, -0.2) is 58.6 Å². The molecule has 196 valence electrons. The fourth-order valence-electron chi connectivity index (χ4n) is 3.48. The van der Waals surface area contributed by atoms with Crippen molar-refractivity contribution in [3.63, 3.8) is 0 Å². The number of nitrogens with zero attached hydrogens (tertiary/aromatic N) is 4. The molecule has 0 bridgehead atoms. The highest BCUT2D eigenvalue weighted by atomic mass is 32.2. The summed E-state index contributed by atoms with van der Waals surface area (Å²) in [6.07, 6.45) is 1.48. The summed E-state index contributed by atoms with van der Waals surface area (Å²) in [6.45, 7) is 2.25. The summed E-state index contributed by atoms with van der Waals surface area (Å²) < 4.78 is 17.8. The molecule has 1 amide bonds. The number of hydrogen-bond acceptors (Lipinski definition) is 9. The number of ether oxygens (including phenoxy) is 3. The van der Waals surface area contributed by atoms with Gasteiger partial charge in [0.05, 0.1) is 32.8 Å². The number of amides is 1. The predicted molar refractivity (Wildman–Crippen MR) is 146 cm³/mol. The summed E-state index contributed by atoms with van der Waals surface area (Å²) in [5.41, 5.74) is 4.84. The molecule has 0 aliphatic heterocycles. The molecular weight excluding hydrogens is 506 g/mol. The minimum absolute atomic E-state index is 0.0411. The van der Waals surface area contributed by atoms with E-state index in [1.807, 2.05) is 60.0 Å². The molecule has 0 saturated heterocycles. The maximum Gasteiger partial charge on any atom is 0.250 e. The summed E-state index contributed by atoms with van der Waals surface area (Å²) in [7, 11) is 3.22. The molecule has 2 N–H and O–H groups in total. The van der Waals surface area contributed by atoms with Crippen molar-refractivity contribution in [1.82, 2.24) is 20.2 Å². The standard InChI is InChI=1S/C27H27N5O5S/c1-4-37-24-15-18(5-14-23(24)33)16-28-29-25(34)17-38-27-31-30-26(19-6-10-21(35-2)11-7-19)32(27)20-8-12-22(36-3)13-9-20/h5-16,33H,4,17H2,1-3H3,(H,29,34)/b28-16-. The Kier molecular flexibility index (Phi) is 8.83. The largest absolute Gasteiger partial charge is 0.504 e. The molecule has 0 atom stereocenters. The Morgan fingerprint density at radius 3 is 2.37 bits per heavy atom. The average molecular weight is 534 g/mol. The van der Waals surface area contributed by atoms with Crippen LogP contribution >= 0.6 is 11.8 Å². The molecule has 1 aromatic heterocycles. The lowest BCUT2D eigenvalue weighted by molar-refractivity contribution is -0.118. The minimum atomic E-state index is -0.315. The number of nitrogens with one attached hydrogen (secondary N) is 1. The Hall–Kier alpha value is -4.51. The SMILES string of the molecule is CCOc1cc(/C=N\NC(=O)CSc2nnc(-c3ccc(OC)cc3)n2-c2ccc(OC)cc2)ccc1O. The first-order chi connectivity index (χ1) is 18.5. The zero-order valence-corrected chi connectivity index (χ0v) is 21.9. The first kappa shape index (κ1) is 26.6. The fourth-order valence-corrected chi connectivity index (χ4v) is 4.22. The summed E-state index contributed by atoms with van der Waals surface area (Å²) in [4.78, 5) is 12.5. The van der Waals surface area contributed by atoms with Crippen molar-refractivity contribution < 1.29 is 24.1 Å². The van der Waals surface area contributed by atoms with Crippen LogP contribution in [0.1, 0.15) is 12.5 Å². The molecule has 0 unspecified atom stereocenters. The van der Waals surface area contributed by atoms with E-state index < -0.39 is 0 Å². The molecule has 3 aromatic carbocycles. The zero-order valence-electron chi connectivity index (χ0n) is 21.1. The minimum Gasteiger partial charge on any atom is -0.504 e. The van der Waals surface area contributed by atoms with Gasteiger partial charge in [-0.15, -0.1) is 10.2 Å². The molecule has 0 radical (unpaired) electrons. The number of phenols is 1. The van der Waals surface area contributed by atoms with Crippen LogP contribution in [0.4, 0.5) is 0 Å². The van der Waals surface area contributed by atoms with E-state index in [1.165, 1.54) is 24.0 Å². The second kappa shape index (κ2) is 12.6. The van der Waals surface area contributed by atoms with Gasteiger partial charge in [0.1, 0.15) is 11.5 Å². The molecule has 0 aliphatic rings. The smallest absolute Gasteiger partial charge is 0.250 e. The third-order valence-corrected chi connectivity index (χ3v) is 6.26. The van der Waals surface area contributed by atoms with E-state index in [0.29, 0.717) is 28.9 Å². The number of phenolic OH excluding ortho intramolecular Hbond substituents is 1. The zero-order chi connectivity index (χ0) is 26.9. The van der Waals surface area contributed by atoms with E-state index in [4.69, 9.17) is 14.2 Å². The lowest BCUT2D eigenvalue weighted by Gasteiger charge is -2.11. The van der Waals surface area contributed by atoms with E-state index in [0.717, 1.165) is 22.7 Å². The molecule has 0 aliphatic carbocycles. The maximum atomic E-state index is 12.5. The number of aromatic nitrogens is 3. The fraction of sp³-hybridized carbons (Fsp3) is 0.185. The van der Waals surface area contributed by atoms with Crippen LogP contribution in [-0.2, 0) is 4.79 Å². The van der Waals surface area contributed by atoms with Crippen molar-refractivity contribution in [2.75, 3.05) is 26.6 Å². The molecule has 4 aromatic rings. The van der Waals surface area contributed by atoms with Gasteiger partial charge in [-0.3, -0.25) is 9.36 Å². The molecule has 0 saturated carbocycles. The highest BCUT2D eigenvalue weighted by Gasteiger charge is 2.17. The molecule has 11 heteroatoms. The van der Waals surface area contributed by atoms with Crippen molar-refractivity contribution in [2.24, 2.45) is 5.10 Å². The summed E-state index contributed by atoms with van der Waals surface area (Å²) in [5, 5.41) is 23.1. The van der Waals surface area contributed by atoms with Crippen molar-refractivity contribution in [1.29, 1.82) is 0 Å². The Morgan fingerprint density at radius 2 is 1.71 bits per heavy atom. The maximum absolute atomic E-state index is 12.5. The molecule has 10 nitrogen and oxygen atoms in total. The highest BCUT2D eigenvalue weighted by Crippen LogP contribution is 2.30. The van der Waals surface area contributed by atoms with Crippen molar-refractivity contribution in [2.45, 2.75) is 12.1 Å². The Morgan fingerprint density at radius 1 is 1.03 bits per heavy atom. The van der Waals surface area contributed by atoms with Crippen LogP contribution in [0.25, 0.3) is 17.1 Å². The van der Waals surface area contributed by atoms with Crippen molar-refractivity contribution in [3.8, 4) is 40.1 Å². The van der Waals surface area contributed by atoms with Gasteiger partial charge in [-0.2, -0.15) is 5.10 Å². The van der Waals surface area contributed by atoms with Crippen molar-refractivity contribution >= 4 is 23.9 Å². The Bertz CT molecular complexity index is 1400. The van der Waals surface area contributed by atoms with Crippen LogP contribution in [0, 0.1) is 0 Å². The predicted octanol–water partition coefficient (Wildman–Crippen LogP) is 4.30. The van der Waals surface area contributed by atoms with Gasteiger partial charge in [0.15, 0.2) is 22.5 Å². The van der Waals surface area contributed by atoms with Crippen LogP contribution in [0.15, 0.2) is 77.0 Å². The van der Waals surface area contributed by atoms with Gasteiger partial charge in [-0.05, 0) is 79.2 Å². The van der Waals surface area contributed by atoms with Gasteiger partial charge in [-0.1, -0.05) is 11.8 Å². The summed E-state index contributed by atoms with van der Waals surface area (Å²) in [5.74, 6) is 2.22. The van der Waals surface area contributed by atoms with Gasteiger partial charge in [0, 0.05) is 11.3 Å². The van der Waals surface area contributed by atoms with Gasteiger partial charge in [0.2, 0.25) is 0 Å². The number of thioether (sulfide) groups is 1. The topological polar surface area (TPSA) is 120 Å². The van der Waals surface area contributed by atoms with Crippen LogP contribution in [0.5, 0.6) is 23.0 Å². The number of hydrogen-bond donors (Lipinski definition) is 2. The van der Waals surface area contributed by atoms with Crippen LogP contribution in [0.2, 0.25) is 0 Å². The number of rotatable bonds is 11. The quantitative estimate of drug-likeness (QED) is 0.166. The third-order valence-electron chi connectivity index (χ3n) is 5.33. The van der Waals surface area contributed by atoms with Crippen LogP contribution < -0.4 is 19.6 Å². The molecule has 0 spiro atoms.